The van der Waals surface area contributed by atoms with Gasteiger partial charge in [-0.25, -0.2) is 0 Å². The maximum atomic E-state index is 12.2. The molecule has 1 atom stereocenters. The van der Waals surface area contributed by atoms with Gasteiger partial charge in [0, 0.05) is 12.4 Å². The number of amides is 1. The Hall–Kier alpha value is -1.42. The first-order chi connectivity index (χ1) is 8.62. The van der Waals surface area contributed by atoms with Gasteiger partial charge in [-0.2, -0.15) is 0 Å². The molecule has 2 rings (SSSR count). The Balaban J connectivity index is 1.98. The van der Waals surface area contributed by atoms with Crippen LogP contribution in [-0.4, -0.2) is 16.4 Å². The van der Waals surface area contributed by atoms with Crippen LogP contribution in [0, 0.1) is 0 Å². The molecule has 0 spiro atoms. The maximum absolute atomic E-state index is 12.2. The first-order valence-electron chi connectivity index (χ1n) is 6.62. The molecule has 1 fully saturated rings. The second-order valence-electron chi connectivity index (χ2n) is 5.20. The van der Waals surface area contributed by atoms with E-state index in [2.05, 4.69) is 10.3 Å². The molecule has 1 heterocycles. The average Bonchev–Trinajstić information content (AvgIpc) is 2.40. The van der Waals surface area contributed by atoms with E-state index in [-0.39, 0.29) is 11.9 Å². The van der Waals surface area contributed by atoms with Crippen LogP contribution >= 0.6 is 0 Å². The minimum atomic E-state index is -0.672. The number of carbonyl (C=O) groups is 1. The highest BCUT2D eigenvalue weighted by molar-refractivity contribution is 5.86. The topological polar surface area (TPSA) is 68.0 Å². The van der Waals surface area contributed by atoms with Gasteiger partial charge in [0.25, 0.3) is 0 Å². The molecule has 3 N–H and O–H groups in total. The van der Waals surface area contributed by atoms with Crippen LogP contribution in [0.2, 0.25) is 0 Å². The van der Waals surface area contributed by atoms with Gasteiger partial charge in [-0.1, -0.05) is 25.3 Å². The van der Waals surface area contributed by atoms with Gasteiger partial charge in [0.1, 0.15) is 0 Å². The van der Waals surface area contributed by atoms with Crippen molar-refractivity contribution in [1.29, 1.82) is 0 Å². The summed E-state index contributed by atoms with van der Waals surface area (Å²) in [7, 11) is 0. The van der Waals surface area contributed by atoms with Gasteiger partial charge in [0.15, 0.2) is 0 Å². The highest BCUT2D eigenvalue weighted by atomic mass is 16.2. The molecule has 0 aromatic carbocycles. The predicted octanol–water partition coefficient (Wildman–Crippen LogP) is 1.92. The van der Waals surface area contributed by atoms with Crippen molar-refractivity contribution in [3.05, 3.63) is 30.1 Å². The fourth-order valence-electron chi connectivity index (χ4n) is 2.47. The zero-order chi connectivity index (χ0) is 13.0. The van der Waals surface area contributed by atoms with Crippen molar-refractivity contribution >= 4 is 5.91 Å². The van der Waals surface area contributed by atoms with E-state index in [4.69, 9.17) is 5.73 Å². The predicted molar refractivity (Wildman–Crippen MR) is 70.8 cm³/mol. The Labute approximate surface area is 108 Å². The van der Waals surface area contributed by atoms with Crippen LogP contribution in [-0.2, 0) is 4.79 Å². The smallest absolute Gasteiger partial charge is 0.240 e. The van der Waals surface area contributed by atoms with Gasteiger partial charge >= 0.3 is 0 Å². The Bertz CT molecular complexity index is 399. The van der Waals surface area contributed by atoms with E-state index < -0.39 is 5.54 Å². The summed E-state index contributed by atoms with van der Waals surface area (Å²) in [5.74, 6) is -0.0291. The molecule has 18 heavy (non-hydrogen) atoms. The van der Waals surface area contributed by atoms with Crippen LogP contribution in [0.15, 0.2) is 24.5 Å². The third kappa shape index (κ3) is 2.88. The zero-order valence-electron chi connectivity index (χ0n) is 10.9. The van der Waals surface area contributed by atoms with Crippen molar-refractivity contribution in [2.75, 3.05) is 0 Å². The third-order valence-electron chi connectivity index (χ3n) is 3.73. The lowest BCUT2D eigenvalue weighted by molar-refractivity contribution is -0.128. The molecule has 0 radical (unpaired) electrons. The van der Waals surface area contributed by atoms with E-state index in [9.17, 15) is 4.79 Å². The summed E-state index contributed by atoms with van der Waals surface area (Å²) in [6.45, 7) is 1.96. The zero-order valence-corrected chi connectivity index (χ0v) is 10.9. The number of nitrogens with one attached hydrogen (secondary N) is 1. The summed E-state index contributed by atoms with van der Waals surface area (Å²) >= 11 is 0. The summed E-state index contributed by atoms with van der Waals surface area (Å²) < 4.78 is 0. The number of hydrogen-bond donors (Lipinski definition) is 2. The van der Waals surface area contributed by atoms with Crippen LogP contribution in [0.5, 0.6) is 0 Å². The lowest BCUT2D eigenvalue weighted by Gasteiger charge is -2.33. The molecule has 0 unspecified atom stereocenters. The highest BCUT2D eigenvalue weighted by Gasteiger charge is 2.35. The SMILES string of the molecule is C[C@H](NC(=O)C1(N)CCCCC1)c1cccnc1. The van der Waals surface area contributed by atoms with Gasteiger partial charge < -0.3 is 11.1 Å². The second kappa shape index (κ2) is 5.48. The van der Waals surface area contributed by atoms with Crippen molar-refractivity contribution in [2.24, 2.45) is 5.73 Å². The molecule has 0 saturated heterocycles. The molecule has 1 amide bonds. The van der Waals surface area contributed by atoms with E-state index in [0.717, 1.165) is 31.2 Å². The van der Waals surface area contributed by atoms with E-state index in [0.29, 0.717) is 0 Å². The lowest BCUT2D eigenvalue weighted by atomic mass is 9.81. The summed E-state index contributed by atoms with van der Waals surface area (Å²) in [6.07, 6.45) is 8.36. The maximum Gasteiger partial charge on any atom is 0.240 e. The monoisotopic (exact) mass is 247 g/mol. The van der Waals surface area contributed by atoms with Crippen LogP contribution in [0.4, 0.5) is 0 Å². The van der Waals surface area contributed by atoms with Crippen molar-refractivity contribution in [1.82, 2.24) is 10.3 Å². The van der Waals surface area contributed by atoms with Crippen molar-refractivity contribution in [2.45, 2.75) is 50.6 Å². The number of nitrogens with two attached hydrogens (primary N) is 1. The van der Waals surface area contributed by atoms with Gasteiger partial charge in [0.2, 0.25) is 5.91 Å². The Morgan fingerprint density at radius 1 is 1.44 bits per heavy atom. The highest BCUT2D eigenvalue weighted by Crippen LogP contribution is 2.26. The lowest BCUT2D eigenvalue weighted by Crippen LogP contribution is -2.55. The Morgan fingerprint density at radius 3 is 2.78 bits per heavy atom. The van der Waals surface area contributed by atoms with Crippen molar-refractivity contribution < 1.29 is 4.79 Å². The number of aromatic nitrogens is 1. The van der Waals surface area contributed by atoms with Gasteiger partial charge in [-0.3, -0.25) is 9.78 Å². The van der Waals surface area contributed by atoms with Crippen molar-refractivity contribution in [3.8, 4) is 0 Å². The molecule has 0 aliphatic heterocycles. The summed E-state index contributed by atoms with van der Waals surface area (Å²) in [5.41, 5.74) is 6.53. The Morgan fingerprint density at radius 2 is 2.17 bits per heavy atom. The van der Waals surface area contributed by atoms with E-state index in [1.165, 1.54) is 6.42 Å². The molecule has 0 bridgehead atoms. The third-order valence-corrected chi connectivity index (χ3v) is 3.73. The van der Waals surface area contributed by atoms with Crippen LogP contribution in [0.3, 0.4) is 0 Å². The van der Waals surface area contributed by atoms with Gasteiger partial charge in [-0.05, 0) is 31.4 Å². The molecular formula is C14H21N3O. The number of nitrogens with zero attached hydrogens (tertiary/aromatic N) is 1. The molecule has 4 nitrogen and oxygen atoms in total. The molecule has 1 saturated carbocycles. The molecule has 1 aromatic rings. The van der Waals surface area contributed by atoms with E-state index >= 15 is 0 Å². The fraction of sp³-hybridized carbons (Fsp3) is 0.571. The summed E-state index contributed by atoms with van der Waals surface area (Å²) in [5, 5.41) is 3.00. The summed E-state index contributed by atoms with van der Waals surface area (Å²) in [4.78, 5) is 16.3. The first kappa shape index (κ1) is 13.0. The fourth-order valence-corrected chi connectivity index (χ4v) is 2.47. The number of carbonyl (C=O) groups excluding carboxylic acids is 1. The van der Waals surface area contributed by atoms with E-state index in [1.54, 1.807) is 12.4 Å². The van der Waals surface area contributed by atoms with Crippen LogP contribution in [0.25, 0.3) is 0 Å². The largest absolute Gasteiger partial charge is 0.348 e. The summed E-state index contributed by atoms with van der Waals surface area (Å²) in [6, 6.07) is 3.78. The Kier molecular flexibility index (Phi) is 3.97. The molecule has 1 aromatic heterocycles. The molecule has 98 valence electrons. The molecule has 1 aliphatic rings. The average molecular weight is 247 g/mol. The van der Waals surface area contributed by atoms with Gasteiger partial charge in [0.05, 0.1) is 11.6 Å². The quantitative estimate of drug-likeness (QED) is 0.857. The second-order valence-corrected chi connectivity index (χ2v) is 5.20. The molecule has 4 heteroatoms. The molecule has 1 aliphatic carbocycles. The minimum absolute atomic E-state index is 0.0291. The number of hydrogen-bond acceptors (Lipinski definition) is 3. The van der Waals surface area contributed by atoms with Gasteiger partial charge in [-0.15, -0.1) is 0 Å². The van der Waals surface area contributed by atoms with Crippen LogP contribution in [0.1, 0.15) is 50.6 Å². The van der Waals surface area contributed by atoms with E-state index in [1.807, 2.05) is 19.1 Å². The normalized spacial score (nSPS) is 20.1. The first-order valence-corrected chi connectivity index (χ1v) is 6.62. The standard InChI is InChI=1S/C14H21N3O/c1-11(12-6-5-9-16-10-12)17-13(18)14(15)7-3-2-4-8-14/h5-6,9-11H,2-4,7-8,15H2,1H3,(H,17,18)/t11-/m0/s1. The van der Waals surface area contributed by atoms with Crippen LogP contribution < -0.4 is 11.1 Å². The number of pyridine rings is 1. The van der Waals surface area contributed by atoms with Crippen molar-refractivity contribution in [3.63, 3.8) is 0 Å². The minimum Gasteiger partial charge on any atom is -0.348 e. The number of rotatable bonds is 3. The molecular weight excluding hydrogens is 226 g/mol.